The minimum Gasteiger partial charge on any atom is -0.352 e. The van der Waals surface area contributed by atoms with E-state index in [0.29, 0.717) is 18.7 Å². The maximum Gasteiger partial charge on any atom is 0.243 e. The van der Waals surface area contributed by atoms with Gasteiger partial charge in [0.25, 0.3) is 0 Å². The minimum atomic E-state index is -0.466. The van der Waals surface area contributed by atoms with Crippen molar-refractivity contribution in [3.05, 3.63) is 71.3 Å². The van der Waals surface area contributed by atoms with Gasteiger partial charge in [-0.15, -0.1) is 11.8 Å². The van der Waals surface area contributed by atoms with Crippen molar-refractivity contribution in [2.45, 2.75) is 64.9 Å². The SMILES string of the molecule is CC[C@@H](C)NC(=O)[C@H](CC)N(Cc1ccccc1)C(=O)CSCc1ccc(C)cc1. The Balaban J connectivity index is 2.09. The average Bonchev–Trinajstić information content (AvgIpc) is 2.75. The highest BCUT2D eigenvalue weighted by Crippen LogP contribution is 2.18. The van der Waals surface area contributed by atoms with Gasteiger partial charge in [-0.3, -0.25) is 9.59 Å². The first-order valence-corrected chi connectivity index (χ1v) is 11.9. The number of nitrogens with zero attached hydrogens (tertiary/aromatic N) is 1. The van der Waals surface area contributed by atoms with E-state index in [4.69, 9.17) is 0 Å². The summed E-state index contributed by atoms with van der Waals surface area (Å²) < 4.78 is 0. The van der Waals surface area contributed by atoms with Crippen molar-refractivity contribution in [1.82, 2.24) is 10.2 Å². The van der Waals surface area contributed by atoms with Crippen LogP contribution in [0.4, 0.5) is 0 Å². The molecule has 0 fully saturated rings. The van der Waals surface area contributed by atoms with Gasteiger partial charge in [0.1, 0.15) is 6.04 Å². The molecule has 0 aromatic heterocycles. The monoisotopic (exact) mass is 426 g/mol. The van der Waals surface area contributed by atoms with Crippen LogP contribution in [-0.4, -0.2) is 34.6 Å². The number of hydrogen-bond acceptors (Lipinski definition) is 3. The van der Waals surface area contributed by atoms with Crippen LogP contribution in [0.3, 0.4) is 0 Å². The van der Waals surface area contributed by atoms with Crippen LogP contribution in [0, 0.1) is 6.92 Å². The summed E-state index contributed by atoms with van der Waals surface area (Å²) in [5.41, 5.74) is 3.46. The molecule has 2 aromatic carbocycles. The number of nitrogens with one attached hydrogen (secondary N) is 1. The fourth-order valence-electron chi connectivity index (χ4n) is 3.16. The number of aryl methyl sites for hydroxylation is 1. The second kappa shape index (κ2) is 12.4. The number of carbonyl (C=O) groups is 2. The Labute approximate surface area is 185 Å². The van der Waals surface area contributed by atoms with E-state index in [-0.39, 0.29) is 17.9 Å². The molecule has 0 aliphatic rings. The number of amides is 2. The van der Waals surface area contributed by atoms with Crippen LogP contribution < -0.4 is 5.32 Å². The number of rotatable bonds is 11. The first-order chi connectivity index (χ1) is 14.4. The van der Waals surface area contributed by atoms with Crippen LogP contribution in [0.25, 0.3) is 0 Å². The highest BCUT2D eigenvalue weighted by molar-refractivity contribution is 7.99. The van der Waals surface area contributed by atoms with Gasteiger partial charge in [-0.2, -0.15) is 0 Å². The highest BCUT2D eigenvalue weighted by atomic mass is 32.2. The van der Waals surface area contributed by atoms with E-state index in [1.165, 1.54) is 11.1 Å². The lowest BCUT2D eigenvalue weighted by Crippen LogP contribution is -2.51. The van der Waals surface area contributed by atoms with E-state index in [2.05, 4.69) is 36.5 Å². The zero-order valence-electron chi connectivity index (χ0n) is 18.6. The molecule has 2 rings (SSSR count). The molecule has 5 heteroatoms. The topological polar surface area (TPSA) is 49.4 Å². The largest absolute Gasteiger partial charge is 0.352 e. The first kappa shape index (κ1) is 24.0. The van der Waals surface area contributed by atoms with Gasteiger partial charge in [0.2, 0.25) is 11.8 Å². The number of hydrogen-bond donors (Lipinski definition) is 1. The van der Waals surface area contributed by atoms with Gasteiger partial charge >= 0.3 is 0 Å². The fourth-order valence-corrected chi connectivity index (χ4v) is 4.03. The summed E-state index contributed by atoms with van der Waals surface area (Å²) in [4.78, 5) is 27.8. The number of benzene rings is 2. The van der Waals surface area contributed by atoms with Gasteiger partial charge in [0, 0.05) is 18.3 Å². The molecule has 0 aliphatic heterocycles. The third kappa shape index (κ3) is 7.52. The van der Waals surface area contributed by atoms with Gasteiger partial charge in [-0.05, 0) is 37.8 Å². The summed E-state index contributed by atoms with van der Waals surface area (Å²) in [5.74, 6) is 1.07. The normalized spacial score (nSPS) is 12.8. The second-order valence-corrected chi connectivity index (χ2v) is 8.71. The summed E-state index contributed by atoms with van der Waals surface area (Å²) in [6.07, 6.45) is 1.45. The predicted octanol–water partition coefficient (Wildman–Crippen LogP) is 4.95. The van der Waals surface area contributed by atoms with Gasteiger partial charge in [0.15, 0.2) is 0 Å². The van der Waals surface area contributed by atoms with Crippen LogP contribution in [0.5, 0.6) is 0 Å². The van der Waals surface area contributed by atoms with Crippen molar-refractivity contribution < 1.29 is 9.59 Å². The van der Waals surface area contributed by atoms with Crippen molar-refractivity contribution in [3.63, 3.8) is 0 Å². The first-order valence-electron chi connectivity index (χ1n) is 10.7. The Kier molecular flexibility index (Phi) is 9.95. The maximum atomic E-state index is 13.2. The highest BCUT2D eigenvalue weighted by Gasteiger charge is 2.29. The zero-order chi connectivity index (χ0) is 21.9. The predicted molar refractivity (Wildman–Crippen MR) is 126 cm³/mol. The minimum absolute atomic E-state index is 0.00196. The van der Waals surface area contributed by atoms with Crippen molar-refractivity contribution in [2.24, 2.45) is 0 Å². The summed E-state index contributed by atoms with van der Waals surface area (Å²) in [6.45, 7) is 8.51. The Hall–Kier alpha value is -2.27. The lowest BCUT2D eigenvalue weighted by molar-refractivity contribution is -0.139. The smallest absolute Gasteiger partial charge is 0.243 e. The third-order valence-corrected chi connectivity index (χ3v) is 6.19. The van der Waals surface area contributed by atoms with Crippen LogP contribution >= 0.6 is 11.8 Å². The van der Waals surface area contributed by atoms with Crippen LogP contribution in [0.15, 0.2) is 54.6 Å². The van der Waals surface area contributed by atoms with E-state index in [0.717, 1.165) is 17.7 Å². The summed E-state index contributed by atoms with van der Waals surface area (Å²) >= 11 is 1.59. The Morgan fingerprint density at radius 1 is 0.967 bits per heavy atom. The number of thioether (sulfide) groups is 1. The van der Waals surface area contributed by atoms with Crippen molar-refractivity contribution in [3.8, 4) is 0 Å². The molecule has 30 heavy (non-hydrogen) atoms. The van der Waals surface area contributed by atoms with E-state index < -0.39 is 6.04 Å². The summed E-state index contributed by atoms with van der Waals surface area (Å²) in [6, 6.07) is 17.9. The van der Waals surface area contributed by atoms with Gasteiger partial charge in [-0.1, -0.05) is 74.0 Å². The van der Waals surface area contributed by atoms with Crippen molar-refractivity contribution in [1.29, 1.82) is 0 Å². The zero-order valence-corrected chi connectivity index (χ0v) is 19.4. The van der Waals surface area contributed by atoms with Crippen LogP contribution in [-0.2, 0) is 21.9 Å². The molecule has 0 spiro atoms. The Morgan fingerprint density at radius 2 is 1.63 bits per heavy atom. The molecule has 4 nitrogen and oxygen atoms in total. The summed E-state index contributed by atoms with van der Waals surface area (Å²) in [5, 5.41) is 3.05. The molecule has 0 radical (unpaired) electrons. The molecule has 0 saturated heterocycles. The molecule has 0 heterocycles. The molecule has 0 saturated carbocycles. The molecule has 162 valence electrons. The maximum absolute atomic E-state index is 13.2. The molecule has 2 amide bonds. The summed E-state index contributed by atoms with van der Waals surface area (Å²) in [7, 11) is 0. The van der Waals surface area contributed by atoms with Gasteiger partial charge < -0.3 is 10.2 Å². The molecular weight excluding hydrogens is 392 g/mol. The molecular formula is C25H34N2O2S. The van der Waals surface area contributed by atoms with E-state index in [1.54, 1.807) is 16.7 Å². The third-order valence-electron chi connectivity index (χ3n) is 5.20. The van der Waals surface area contributed by atoms with E-state index >= 15 is 0 Å². The van der Waals surface area contributed by atoms with E-state index in [1.807, 2.05) is 51.1 Å². The standard InChI is InChI=1S/C25H34N2O2S/c1-5-20(4)26-25(29)23(6-2)27(16-21-10-8-7-9-11-21)24(28)18-30-17-22-14-12-19(3)13-15-22/h7-15,20,23H,5-6,16-18H2,1-4H3,(H,26,29)/t20-,23+/m1/s1. The van der Waals surface area contributed by atoms with E-state index in [9.17, 15) is 9.59 Å². The molecule has 1 N–H and O–H groups in total. The molecule has 0 aliphatic carbocycles. The Bertz CT molecular complexity index is 793. The molecule has 2 aromatic rings. The fraction of sp³-hybridized carbons (Fsp3) is 0.440. The van der Waals surface area contributed by atoms with Crippen molar-refractivity contribution >= 4 is 23.6 Å². The quantitative estimate of drug-likeness (QED) is 0.553. The molecule has 0 unspecified atom stereocenters. The second-order valence-electron chi connectivity index (χ2n) is 7.73. The van der Waals surface area contributed by atoms with Crippen LogP contribution in [0.2, 0.25) is 0 Å². The number of carbonyl (C=O) groups excluding carboxylic acids is 2. The Morgan fingerprint density at radius 3 is 2.23 bits per heavy atom. The van der Waals surface area contributed by atoms with Crippen LogP contribution in [0.1, 0.15) is 50.3 Å². The molecule has 2 atom stereocenters. The van der Waals surface area contributed by atoms with Crippen molar-refractivity contribution in [2.75, 3.05) is 5.75 Å². The van der Waals surface area contributed by atoms with Gasteiger partial charge in [0.05, 0.1) is 5.75 Å². The lowest BCUT2D eigenvalue weighted by atomic mass is 10.1. The molecule has 0 bridgehead atoms. The average molecular weight is 427 g/mol. The lowest BCUT2D eigenvalue weighted by Gasteiger charge is -2.31. The van der Waals surface area contributed by atoms with Gasteiger partial charge in [-0.25, -0.2) is 0 Å².